The minimum atomic E-state index is 0.131. The predicted molar refractivity (Wildman–Crippen MR) is 83.9 cm³/mol. The minimum Gasteiger partial charge on any atom is -0.298 e. The van der Waals surface area contributed by atoms with Crippen LogP contribution in [0, 0.1) is 0 Å². The number of nitrogens with zero attached hydrogens (tertiary/aromatic N) is 1. The largest absolute Gasteiger partial charge is 0.298 e. The van der Waals surface area contributed by atoms with Gasteiger partial charge in [0.1, 0.15) is 5.78 Å². The molecule has 110 valence electrons. The Bertz CT molecular complexity index is 455. The maximum atomic E-state index is 11.7. The van der Waals surface area contributed by atoms with Gasteiger partial charge in [-0.05, 0) is 42.9 Å². The molecule has 0 aromatic heterocycles. The average molecular weight is 273 g/mol. The zero-order valence-corrected chi connectivity index (χ0v) is 13.3. The molecule has 0 bridgehead atoms. The lowest BCUT2D eigenvalue weighted by molar-refractivity contribution is -0.123. The number of benzene rings is 1. The van der Waals surface area contributed by atoms with E-state index in [0.717, 1.165) is 19.5 Å². The lowest BCUT2D eigenvalue weighted by atomic mass is 9.86. The van der Waals surface area contributed by atoms with Crippen LogP contribution in [0.15, 0.2) is 24.3 Å². The van der Waals surface area contributed by atoms with Crippen molar-refractivity contribution in [2.75, 3.05) is 6.54 Å². The van der Waals surface area contributed by atoms with Crippen molar-refractivity contribution in [3.8, 4) is 0 Å². The molecule has 0 amide bonds. The summed E-state index contributed by atoms with van der Waals surface area (Å²) >= 11 is 0. The molecule has 0 N–H and O–H groups in total. The standard InChI is InChI=1S/C18H27NO/c1-14(20)17-7-5-6-12-19(17)13-15-8-10-16(11-9-15)18(2,3)4/h8-11,17H,5-7,12-13H2,1-4H3. The summed E-state index contributed by atoms with van der Waals surface area (Å²) < 4.78 is 0. The second-order valence-electron chi connectivity index (χ2n) is 7.04. The highest BCUT2D eigenvalue weighted by atomic mass is 16.1. The van der Waals surface area contributed by atoms with E-state index in [4.69, 9.17) is 0 Å². The Morgan fingerprint density at radius 3 is 2.40 bits per heavy atom. The molecule has 0 aliphatic carbocycles. The number of likely N-dealkylation sites (tertiary alicyclic amines) is 1. The molecular weight excluding hydrogens is 246 g/mol. The van der Waals surface area contributed by atoms with Crippen LogP contribution in [0.3, 0.4) is 0 Å². The Morgan fingerprint density at radius 2 is 1.85 bits per heavy atom. The quantitative estimate of drug-likeness (QED) is 0.831. The Hall–Kier alpha value is -1.15. The highest BCUT2D eigenvalue weighted by Gasteiger charge is 2.25. The number of hydrogen-bond donors (Lipinski definition) is 0. The molecule has 1 aliphatic rings. The smallest absolute Gasteiger partial charge is 0.146 e. The Morgan fingerprint density at radius 1 is 1.20 bits per heavy atom. The van der Waals surface area contributed by atoms with Crippen LogP contribution in [0.1, 0.15) is 58.1 Å². The summed E-state index contributed by atoms with van der Waals surface area (Å²) in [5.41, 5.74) is 2.88. The fourth-order valence-electron chi connectivity index (χ4n) is 2.99. The molecule has 0 saturated carbocycles. The molecule has 1 fully saturated rings. The van der Waals surface area contributed by atoms with E-state index < -0.39 is 0 Å². The van der Waals surface area contributed by atoms with Crippen LogP contribution in [0.25, 0.3) is 0 Å². The second-order valence-corrected chi connectivity index (χ2v) is 7.04. The third-order valence-corrected chi connectivity index (χ3v) is 4.29. The molecular formula is C18H27NO. The zero-order valence-electron chi connectivity index (χ0n) is 13.3. The maximum Gasteiger partial charge on any atom is 0.146 e. The van der Waals surface area contributed by atoms with E-state index >= 15 is 0 Å². The molecule has 1 aliphatic heterocycles. The second kappa shape index (κ2) is 6.09. The third kappa shape index (κ3) is 3.69. The predicted octanol–water partition coefficient (Wildman–Crippen LogP) is 3.93. The molecule has 1 heterocycles. The number of carbonyl (C=O) groups excluding carboxylic acids is 1. The summed E-state index contributed by atoms with van der Waals surface area (Å²) in [6.45, 7) is 10.4. The average Bonchev–Trinajstić information content (AvgIpc) is 2.38. The maximum absolute atomic E-state index is 11.7. The van der Waals surface area contributed by atoms with E-state index in [-0.39, 0.29) is 11.5 Å². The highest BCUT2D eigenvalue weighted by molar-refractivity contribution is 5.81. The molecule has 0 spiro atoms. The first-order valence-corrected chi connectivity index (χ1v) is 7.72. The SMILES string of the molecule is CC(=O)C1CCCCN1Cc1ccc(C(C)(C)C)cc1. The van der Waals surface area contributed by atoms with E-state index in [0.29, 0.717) is 5.78 Å². The summed E-state index contributed by atoms with van der Waals surface area (Å²) in [7, 11) is 0. The topological polar surface area (TPSA) is 20.3 Å². The van der Waals surface area contributed by atoms with Crippen molar-refractivity contribution in [2.24, 2.45) is 0 Å². The van der Waals surface area contributed by atoms with Crippen LogP contribution in [0.2, 0.25) is 0 Å². The van der Waals surface area contributed by atoms with E-state index in [2.05, 4.69) is 49.9 Å². The van der Waals surface area contributed by atoms with Crippen molar-refractivity contribution < 1.29 is 4.79 Å². The molecule has 2 heteroatoms. The van der Waals surface area contributed by atoms with Crippen LogP contribution >= 0.6 is 0 Å². The summed E-state index contributed by atoms with van der Waals surface area (Å²) in [5, 5.41) is 0. The lowest BCUT2D eigenvalue weighted by Crippen LogP contribution is -2.43. The van der Waals surface area contributed by atoms with Crippen LogP contribution in [-0.2, 0) is 16.8 Å². The van der Waals surface area contributed by atoms with E-state index in [9.17, 15) is 4.79 Å². The van der Waals surface area contributed by atoms with Gasteiger partial charge in [0.25, 0.3) is 0 Å². The number of rotatable bonds is 3. The Labute approximate surface area is 123 Å². The first-order valence-electron chi connectivity index (χ1n) is 7.72. The number of carbonyl (C=O) groups is 1. The molecule has 1 saturated heterocycles. The molecule has 2 nitrogen and oxygen atoms in total. The molecule has 2 rings (SSSR count). The highest BCUT2D eigenvalue weighted by Crippen LogP contribution is 2.24. The fraction of sp³-hybridized carbons (Fsp3) is 0.611. The van der Waals surface area contributed by atoms with Crippen LogP contribution in [0.4, 0.5) is 0 Å². The summed E-state index contributed by atoms with van der Waals surface area (Å²) in [6.07, 6.45) is 3.42. The number of ketones is 1. The Balaban J connectivity index is 2.07. The van der Waals surface area contributed by atoms with Gasteiger partial charge in [0.2, 0.25) is 0 Å². The molecule has 1 aromatic carbocycles. The summed E-state index contributed by atoms with van der Waals surface area (Å²) in [5.74, 6) is 0.316. The van der Waals surface area contributed by atoms with Crippen molar-refractivity contribution in [2.45, 2.75) is 65.0 Å². The van der Waals surface area contributed by atoms with Gasteiger partial charge in [-0.1, -0.05) is 51.5 Å². The zero-order chi connectivity index (χ0) is 14.8. The van der Waals surface area contributed by atoms with Crippen LogP contribution in [-0.4, -0.2) is 23.3 Å². The van der Waals surface area contributed by atoms with Gasteiger partial charge < -0.3 is 0 Å². The van der Waals surface area contributed by atoms with Crippen LogP contribution < -0.4 is 0 Å². The Kier molecular flexibility index (Phi) is 4.64. The lowest BCUT2D eigenvalue weighted by Gasteiger charge is -2.34. The van der Waals surface area contributed by atoms with Crippen molar-refractivity contribution in [3.63, 3.8) is 0 Å². The summed E-state index contributed by atoms with van der Waals surface area (Å²) in [4.78, 5) is 14.1. The molecule has 20 heavy (non-hydrogen) atoms. The van der Waals surface area contributed by atoms with Gasteiger partial charge in [-0.25, -0.2) is 0 Å². The van der Waals surface area contributed by atoms with Crippen LogP contribution in [0.5, 0.6) is 0 Å². The van der Waals surface area contributed by atoms with Crippen molar-refractivity contribution in [3.05, 3.63) is 35.4 Å². The van der Waals surface area contributed by atoms with E-state index in [1.807, 2.05) is 0 Å². The number of hydrogen-bond acceptors (Lipinski definition) is 2. The van der Waals surface area contributed by atoms with E-state index in [1.54, 1.807) is 6.92 Å². The first kappa shape index (κ1) is 15.2. The van der Waals surface area contributed by atoms with Crippen molar-refractivity contribution >= 4 is 5.78 Å². The molecule has 0 radical (unpaired) electrons. The van der Waals surface area contributed by atoms with Crippen molar-refractivity contribution in [1.29, 1.82) is 0 Å². The third-order valence-electron chi connectivity index (χ3n) is 4.29. The van der Waals surface area contributed by atoms with E-state index in [1.165, 1.54) is 24.0 Å². The molecule has 1 aromatic rings. The number of piperidine rings is 1. The van der Waals surface area contributed by atoms with Gasteiger partial charge in [-0.15, -0.1) is 0 Å². The van der Waals surface area contributed by atoms with Gasteiger partial charge in [0.05, 0.1) is 6.04 Å². The van der Waals surface area contributed by atoms with Gasteiger partial charge >= 0.3 is 0 Å². The normalized spacial score (nSPS) is 20.9. The summed E-state index contributed by atoms with van der Waals surface area (Å²) in [6, 6.07) is 9.01. The van der Waals surface area contributed by atoms with Gasteiger partial charge in [-0.3, -0.25) is 9.69 Å². The number of Topliss-reactive ketones (excluding diaryl/α,β-unsaturated/α-hetero) is 1. The van der Waals surface area contributed by atoms with Gasteiger partial charge in [-0.2, -0.15) is 0 Å². The van der Waals surface area contributed by atoms with Crippen molar-refractivity contribution in [1.82, 2.24) is 4.90 Å². The molecule has 1 atom stereocenters. The van der Waals surface area contributed by atoms with Gasteiger partial charge in [0, 0.05) is 6.54 Å². The fourth-order valence-corrected chi connectivity index (χ4v) is 2.99. The first-order chi connectivity index (χ1) is 9.38. The molecule has 1 unspecified atom stereocenters. The van der Waals surface area contributed by atoms with Gasteiger partial charge in [0.15, 0.2) is 0 Å². The minimum absolute atomic E-state index is 0.131. The monoisotopic (exact) mass is 273 g/mol.